The van der Waals surface area contributed by atoms with Gasteiger partial charge in [-0.1, -0.05) is 0 Å². The van der Waals surface area contributed by atoms with E-state index in [4.69, 9.17) is 0 Å². The predicted molar refractivity (Wildman–Crippen MR) is 112 cm³/mol. The summed E-state index contributed by atoms with van der Waals surface area (Å²) in [7, 11) is -2.03. The molecule has 0 amide bonds. The van der Waals surface area contributed by atoms with E-state index < -0.39 is 10.0 Å². The summed E-state index contributed by atoms with van der Waals surface area (Å²) in [6.07, 6.45) is 4.91. The minimum atomic E-state index is -3.74. The van der Waals surface area contributed by atoms with Crippen LogP contribution in [0.2, 0.25) is 0 Å². The van der Waals surface area contributed by atoms with Crippen LogP contribution in [-0.2, 0) is 17.1 Å². The quantitative estimate of drug-likeness (QED) is 0.488. The third-order valence-electron chi connectivity index (χ3n) is 4.51. The lowest BCUT2D eigenvalue weighted by molar-refractivity contribution is 0.599. The molecule has 0 fully saturated rings. The Morgan fingerprint density at radius 2 is 1.77 bits per heavy atom. The SMILES string of the molecule is Cc1nn(C)c(C)c1S(=O)(=O)Nc1ccc(Nc2cc(-n3cccn3)ncn2)cc1. The Morgan fingerprint density at radius 1 is 1.03 bits per heavy atom. The molecule has 3 heterocycles. The van der Waals surface area contributed by atoms with Crippen molar-refractivity contribution in [1.82, 2.24) is 29.5 Å². The zero-order valence-electron chi connectivity index (χ0n) is 16.6. The van der Waals surface area contributed by atoms with Gasteiger partial charge in [0.25, 0.3) is 10.0 Å². The molecular weight excluding hydrogens is 404 g/mol. The number of rotatable bonds is 6. The molecule has 0 aliphatic carbocycles. The lowest BCUT2D eigenvalue weighted by Crippen LogP contribution is -2.14. The third-order valence-corrected chi connectivity index (χ3v) is 6.15. The van der Waals surface area contributed by atoms with Crippen LogP contribution in [0, 0.1) is 13.8 Å². The number of nitrogens with zero attached hydrogens (tertiary/aromatic N) is 6. The summed E-state index contributed by atoms with van der Waals surface area (Å²) < 4.78 is 31.3. The van der Waals surface area contributed by atoms with E-state index in [0.717, 1.165) is 5.69 Å². The van der Waals surface area contributed by atoms with Gasteiger partial charge in [-0.05, 0) is 44.2 Å². The second kappa shape index (κ2) is 7.59. The highest BCUT2D eigenvalue weighted by Gasteiger charge is 2.23. The Bertz CT molecular complexity index is 1280. The van der Waals surface area contributed by atoms with Gasteiger partial charge in [0.15, 0.2) is 5.82 Å². The van der Waals surface area contributed by atoms with E-state index in [1.807, 2.05) is 6.07 Å². The average molecular weight is 424 g/mol. The summed E-state index contributed by atoms with van der Waals surface area (Å²) in [5.74, 6) is 1.22. The Hall–Kier alpha value is -3.73. The van der Waals surface area contributed by atoms with Gasteiger partial charge < -0.3 is 5.32 Å². The van der Waals surface area contributed by atoms with E-state index in [1.165, 1.54) is 6.33 Å². The molecule has 30 heavy (non-hydrogen) atoms. The van der Waals surface area contributed by atoms with Crippen LogP contribution < -0.4 is 10.0 Å². The van der Waals surface area contributed by atoms with Crippen LogP contribution in [0.25, 0.3) is 5.82 Å². The van der Waals surface area contributed by atoms with Gasteiger partial charge >= 0.3 is 0 Å². The maximum absolute atomic E-state index is 12.8. The maximum atomic E-state index is 12.8. The fraction of sp³-hybridized carbons (Fsp3) is 0.158. The number of hydrogen-bond donors (Lipinski definition) is 2. The largest absolute Gasteiger partial charge is 0.340 e. The third kappa shape index (κ3) is 3.87. The molecule has 0 atom stereocenters. The van der Waals surface area contributed by atoms with E-state index >= 15 is 0 Å². The lowest BCUT2D eigenvalue weighted by Gasteiger charge is -2.10. The van der Waals surface area contributed by atoms with Crippen molar-refractivity contribution in [3.63, 3.8) is 0 Å². The van der Waals surface area contributed by atoms with E-state index in [2.05, 4.69) is 30.2 Å². The van der Waals surface area contributed by atoms with Crippen LogP contribution in [0.4, 0.5) is 17.2 Å². The normalized spacial score (nSPS) is 11.4. The lowest BCUT2D eigenvalue weighted by atomic mass is 10.3. The van der Waals surface area contributed by atoms with Crippen LogP contribution in [0.3, 0.4) is 0 Å². The molecule has 1 aromatic carbocycles. The molecule has 2 N–H and O–H groups in total. The summed E-state index contributed by atoms with van der Waals surface area (Å²) in [6.45, 7) is 3.40. The molecule has 0 unspecified atom stereocenters. The highest BCUT2D eigenvalue weighted by molar-refractivity contribution is 7.92. The van der Waals surface area contributed by atoms with Crippen molar-refractivity contribution in [3.8, 4) is 5.82 Å². The number of hydrogen-bond acceptors (Lipinski definition) is 7. The zero-order chi connectivity index (χ0) is 21.3. The molecule has 0 saturated heterocycles. The van der Waals surface area contributed by atoms with Gasteiger partial charge in [-0.15, -0.1) is 0 Å². The summed E-state index contributed by atoms with van der Waals surface area (Å²) in [6, 6.07) is 10.4. The summed E-state index contributed by atoms with van der Waals surface area (Å²) in [5, 5.41) is 11.5. The molecule has 0 aliphatic rings. The first-order valence-electron chi connectivity index (χ1n) is 9.06. The smallest absolute Gasteiger partial charge is 0.265 e. The maximum Gasteiger partial charge on any atom is 0.265 e. The van der Waals surface area contributed by atoms with Gasteiger partial charge in [0.2, 0.25) is 0 Å². The van der Waals surface area contributed by atoms with Crippen molar-refractivity contribution in [2.45, 2.75) is 18.7 Å². The number of aryl methyl sites for hydroxylation is 2. The fourth-order valence-electron chi connectivity index (χ4n) is 3.06. The minimum absolute atomic E-state index is 0.194. The molecule has 0 spiro atoms. The van der Waals surface area contributed by atoms with Gasteiger partial charge in [-0.2, -0.15) is 10.2 Å². The van der Waals surface area contributed by atoms with E-state index in [9.17, 15) is 8.42 Å². The van der Waals surface area contributed by atoms with Crippen LogP contribution in [0.15, 0.2) is 60.0 Å². The summed E-state index contributed by atoms with van der Waals surface area (Å²) in [5.41, 5.74) is 2.23. The molecule has 3 aromatic heterocycles. The van der Waals surface area contributed by atoms with Crippen LogP contribution >= 0.6 is 0 Å². The molecule has 0 bridgehead atoms. The Labute approximate surface area is 173 Å². The van der Waals surface area contributed by atoms with Gasteiger partial charge in [-0.3, -0.25) is 9.40 Å². The first kappa shape index (κ1) is 19.6. The standard InChI is InChI=1S/C19H20N8O2S/c1-13-19(14(2)26(3)24-13)30(28,29)25-16-7-5-15(6-8-16)23-17-11-18(21-12-20-17)27-10-4-9-22-27/h4-12,25H,1-3H3,(H,20,21,23). The first-order valence-corrected chi connectivity index (χ1v) is 10.5. The Balaban J connectivity index is 1.50. The van der Waals surface area contributed by atoms with Crippen LogP contribution in [-0.4, -0.2) is 37.9 Å². The molecule has 154 valence electrons. The molecule has 0 radical (unpaired) electrons. The van der Waals surface area contributed by atoms with Gasteiger partial charge in [0.1, 0.15) is 17.0 Å². The summed E-state index contributed by atoms with van der Waals surface area (Å²) in [4.78, 5) is 8.59. The van der Waals surface area contributed by atoms with Crippen molar-refractivity contribution in [2.24, 2.45) is 7.05 Å². The Kier molecular flexibility index (Phi) is 4.96. The highest BCUT2D eigenvalue weighted by Crippen LogP contribution is 2.24. The van der Waals surface area contributed by atoms with Crippen molar-refractivity contribution in [3.05, 3.63) is 66.5 Å². The number of nitrogens with one attached hydrogen (secondary N) is 2. The summed E-state index contributed by atoms with van der Waals surface area (Å²) >= 11 is 0. The Morgan fingerprint density at radius 3 is 2.40 bits per heavy atom. The van der Waals surface area contributed by atoms with Crippen molar-refractivity contribution in [2.75, 3.05) is 10.0 Å². The van der Waals surface area contributed by atoms with Gasteiger partial charge in [0.05, 0.1) is 11.4 Å². The number of aromatic nitrogens is 6. The molecule has 11 heteroatoms. The van der Waals surface area contributed by atoms with Crippen LogP contribution in [0.1, 0.15) is 11.4 Å². The molecule has 0 saturated carbocycles. The van der Waals surface area contributed by atoms with Crippen molar-refractivity contribution >= 4 is 27.2 Å². The second-order valence-electron chi connectivity index (χ2n) is 6.64. The molecule has 4 aromatic rings. The zero-order valence-corrected chi connectivity index (χ0v) is 17.4. The first-order chi connectivity index (χ1) is 14.3. The topological polar surface area (TPSA) is 120 Å². The molecule has 0 aliphatic heterocycles. The molecule has 10 nitrogen and oxygen atoms in total. The van der Waals surface area contributed by atoms with Gasteiger partial charge in [-0.25, -0.2) is 23.1 Å². The number of benzene rings is 1. The fourth-order valence-corrected chi connectivity index (χ4v) is 4.56. The van der Waals surface area contributed by atoms with E-state index in [0.29, 0.717) is 28.7 Å². The van der Waals surface area contributed by atoms with Crippen molar-refractivity contribution in [1.29, 1.82) is 0 Å². The molecule has 4 rings (SSSR count). The van der Waals surface area contributed by atoms with Crippen molar-refractivity contribution < 1.29 is 8.42 Å². The predicted octanol–water partition coefficient (Wildman–Crippen LogP) is 2.56. The minimum Gasteiger partial charge on any atom is -0.340 e. The van der Waals surface area contributed by atoms with Crippen LogP contribution in [0.5, 0.6) is 0 Å². The monoisotopic (exact) mass is 424 g/mol. The highest BCUT2D eigenvalue weighted by atomic mass is 32.2. The van der Waals surface area contributed by atoms with Gasteiger partial charge in [0, 0.05) is 36.9 Å². The number of anilines is 3. The van der Waals surface area contributed by atoms with E-state index in [1.54, 1.807) is 73.0 Å². The average Bonchev–Trinajstić information content (AvgIpc) is 3.32. The second-order valence-corrected chi connectivity index (χ2v) is 8.26. The van der Waals surface area contributed by atoms with E-state index in [-0.39, 0.29) is 4.90 Å². The number of sulfonamides is 1. The molecular formula is C19H20N8O2S.